The van der Waals surface area contributed by atoms with Gasteiger partial charge in [0.15, 0.2) is 0 Å². The van der Waals surface area contributed by atoms with Crippen LogP contribution in [0.5, 0.6) is 0 Å². The molecular weight excluding hydrogens is 256 g/mol. The number of nitrogens with one attached hydrogen (secondary N) is 2. The lowest BCUT2D eigenvalue weighted by Gasteiger charge is -2.19. The Bertz CT molecular complexity index is 446. The first-order valence-corrected chi connectivity index (χ1v) is 6.74. The van der Waals surface area contributed by atoms with Gasteiger partial charge in [-0.15, -0.1) is 0 Å². The van der Waals surface area contributed by atoms with Crippen LogP contribution in [0.2, 0.25) is 0 Å². The molecule has 0 aliphatic rings. The zero-order valence-corrected chi connectivity index (χ0v) is 12.1. The van der Waals surface area contributed by atoms with Crippen molar-refractivity contribution < 1.29 is 14.7 Å². The predicted octanol–water partition coefficient (Wildman–Crippen LogP) is 2.20. The molecule has 0 spiro atoms. The average Bonchev–Trinajstić information content (AvgIpc) is 2.42. The molecule has 3 N–H and O–H groups in total. The molecule has 110 valence electrons. The van der Waals surface area contributed by atoms with Crippen LogP contribution >= 0.6 is 0 Å². The zero-order chi connectivity index (χ0) is 15.1. The molecule has 0 aliphatic heterocycles. The maximum Gasteiger partial charge on any atom is 0.326 e. The minimum Gasteiger partial charge on any atom is -0.480 e. The molecule has 1 aromatic rings. The first-order chi connectivity index (χ1) is 9.41. The van der Waals surface area contributed by atoms with Crippen molar-refractivity contribution in [1.82, 2.24) is 10.6 Å². The van der Waals surface area contributed by atoms with Crippen LogP contribution in [0.25, 0.3) is 0 Å². The molecule has 0 bridgehead atoms. The van der Waals surface area contributed by atoms with Crippen molar-refractivity contribution in [1.29, 1.82) is 0 Å². The van der Waals surface area contributed by atoms with E-state index in [1.54, 1.807) is 13.8 Å². The maximum absolute atomic E-state index is 11.7. The molecule has 0 heterocycles. The summed E-state index contributed by atoms with van der Waals surface area (Å²) in [6.45, 7) is 5.98. The lowest BCUT2D eigenvalue weighted by molar-refractivity contribution is -0.140. The highest BCUT2D eigenvalue weighted by molar-refractivity contribution is 5.82. The molecule has 20 heavy (non-hydrogen) atoms. The Hall–Kier alpha value is -2.04. The van der Waals surface area contributed by atoms with E-state index >= 15 is 0 Å². The molecule has 0 saturated heterocycles. The van der Waals surface area contributed by atoms with Crippen molar-refractivity contribution >= 4 is 12.0 Å². The van der Waals surface area contributed by atoms with Crippen LogP contribution in [0.1, 0.15) is 32.3 Å². The number of carbonyl (C=O) groups is 2. The molecule has 2 unspecified atom stereocenters. The van der Waals surface area contributed by atoms with E-state index < -0.39 is 18.0 Å². The summed E-state index contributed by atoms with van der Waals surface area (Å²) in [7, 11) is 0. The maximum atomic E-state index is 11.7. The van der Waals surface area contributed by atoms with E-state index in [0.717, 1.165) is 5.56 Å². The Morgan fingerprint density at radius 2 is 1.75 bits per heavy atom. The molecular formula is C15H22N2O3. The van der Waals surface area contributed by atoms with E-state index in [0.29, 0.717) is 6.54 Å². The molecule has 0 fully saturated rings. The third-order valence-electron chi connectivity index (χ3n) is 3.16. The Balaban J connectivity index is 2.45. The lowest BCUT2D eigenvalue weighted by atomic mass is 10.0. The molecule has 5 heteroatoms. The molecule has 2 amide bonds. The van der Waals surface area contributed by atoms with E-state index in [-0.39, 0.29) is 11.8 Å². The van der Waals surface area contributed by atoms with Gasteiger partial charge in [-0.3, -0.25) is 0 Å². The van der Waals surface area contributed by atoms with Gasteiger partial charge in [-0.05, 0) is 17.4 Å². The van der Waals surface area contributed by atoms with Gasteiger partial charge >= 0.3 is 12.0 Å². The summed E-state index contributed by atoms with van der Waals surface area (Å²) in [4.78, 5) is 22.7. The van der Waals surface area contributed by atoms with Gasteiger partial charge in [-0.1, -0.05) is 51.1 Å². The number of rotatable bonds is 6. The highest BCUT2D eigenvalue weighted by Gasteiger charge is 2.23. The van der Waals surface area contributed by atoms with Crippen molar-refractivity contribution in [3.8, 4) is 0 Å². The summed E-state index contributed by atoms with van der Waals surface area (Å²) in [6, 6.07) is 8.51. The second-order valence-electron chi connectivity index (χ2n) is 5.23. The SMILES string of the molecule is CC(CNC(=O)NC(C(=O)O)C(C)C)c1ccccc1. The standard InChI is InChI=1S/C15H22N2O3/c1-10(2)13(14(18)19)17-15(20)16-9-11(3)12-7-5-4-6-8-12/h4-8,10-11,13H,9H2,1-3H3,(H,18,19)(H2,16,17,20). The van der Waals surface area contributed by atoms with Crippen molar-refractivity contribution in [2.75, 3.05) is 6.54 Å². The third kappa shape index (κ3) is 4.91. The van der Waals surface area contributed by atoms with Gasteiger partial charge < -0.3 is 15.7 Å². The number of carboxylic acid groups (broad SMARTS) is 1. The minimum atomic E-state index is -1.02. The van der Waals surface area contributed by atoms with Gasteiger partial charge in [-0.25, -0.2) is 9.59 Å². The van der Waals surface area contributed by atoms with E-state index in [4.69, 9.17) is 5.11 Å². The summed E-state index contributed by atoms with van der Waals surface area (Å²) < 4.78 is 0. The topological polar surface area (TPSA) is 78.4 Å². The normalized spacial score (nSPS) is 13.6. The van der Waals surface area contributed by atoms with Crippen LogP contribution < -0.4 is 10.6 Å². The fourth-order valence-corrected chi connectivity index (χ4v) is 1.85. The van der Waals surface area contributed by atoms with E-state index in [1.165, 1.54) is 0 Å². The van der Waals surface area contributed by atoms with E-state index in [9.17, 15) is 9.59 Å². The van der Waals surface area contributed by atoms with Gasteiger partial charge in [0.05, 0.1) is 0 Å². The van der Waals surface area contributed by atoms with Gasteiger partial charge in [0.25, 0.3) is 0 Å². The molecule has 2 atom stereocenters. The molecule has 0 aromatic heterocycles. The highest BCUT2D eigenvalue weighted by Crippen LogP contribution is 2.12. The van der Waals surface area contributed by atoms with Crippen molar-refractivity contribution in [3.05, 3.63) is 35.9 Å². The summed E-state index contributed by atoms with van der Waals surface area (Å²) in [5, 5.41) is 14.2. The first-order valence-electron chi connectivity index (χ1n) is 6.74. The Morgan fingerprint density at radius 1 is 1.15 bits per heavy atom. The monoisotopic (exact) mass is 278 g/mol. The number of aliphatic carboxylic acids is 1. The fourth-order valence-electron chi connectivity index (χ4n) is 1.85. The summed E-state index contributed by atoms with van der Waals surface area (Å²) in [5.41, 5.74) is 1.13. The van der Waals surface area contributed by atoms with Gasteiger partial charge in [0.2, 0.25) is 0 Å². The number of hydrogen-bond acceptors (Lipinski definition) is 2. The van der Waals surface area contributed by atoms with Crippen molar-refractivity contribution in [2.24, 2.45) is 5.92 Å². The third-order valence-corrected chi connectivity index (χ3v) is 3.16. The molecule has 0 saturated carbocycles. The zero-order valence-electron chi connectivity index (χ0n) is 12.1. The van der Waals surface area contributed by atoms with Gasteiger partial charge in [-0.2, -0.15) is 0 Å². The lowest BCUT2D eigenvalue weighted by Crippen LogP contribution is -2.49. The summed E-state index contributed by atoms with van der Waals surface area (Å²) in [6.07, 6.45) is 0. The van der Waals surface area contributed by atoms with Crippen LogP contribution in [-0.2, 0) is 4.79 Å². The van der Waals surface area contributed by atoms with Crippen LogP contribution in [-0.4, -0.2) is 29.7 Å². The minimum absolute atomic E-state index is 0.162. The number of amides is 2. The van der Waals surface area contributed by atoms with Crippen LogP contribution in [0.15, 0.2) is 30.3 Å². The molecule has 0 aliphatic carbocycles. The quantitative estimate of drug-likeness (QED) is 0.746. The van der Waals surface area contributed by atoms with Crippen molar-refractivity contribution in [3.63, 3.8) is 0 Å². The van der Waals surface area contributed by atoms with Gasteiger partial charge in [0, 0.05) is 6.54 Å². The Labute approximate surface area is 119 Å². The van der Waals surface area contributed by atoms with Crippen LogP contribution in [0, 0.1) is 5.92 Å². The molecule has 1 rings (SSSR count). The predicted molar refractivity (Wildman–Crippen MR) is 77.7 cm³/mol. The number of hydrogen-bond donors (Lipinski definition) is 3. The Morgan fingerprint density at radius 3 is 2.25 bits per heavy atom. The molecule has 1 aromatic carbocycles. The second-order valence-corrected chi connectivity index (χ2v) is 5.23. The fraction of sp³-hybridized carbons (Fsp3) is 0.467. The van der Waals surface area contributed by atoms with E-state index in [1.807, 2.05) is 37.3 Å². The van der Waals surface area contributed by atoms with E-state index in [2.05, 4.69) is 10.6 Å². The Kier molecular flexibility index (Phi) is 6.03. The number of carbonyl (C=O) groups excluding carboxylic acids is 1. The largest absolute Gasteiger partial charge is 0.480 e. The highest BCUT2D eigenvalue weighted by atomic mass is 16.4. The average molecular weight is 278 g/mol. The van der Waals surface area contributed by atoms with Crippen LogP contribution in [0.3, 0.4) is 0 Å². The summed E-state index contributed by atoms with van der Waals surface area (Å²) in [5.74, 6) is -1.01. The first kappa shape index (κ1) is 16.0. The van der Waals surface area contributed by atoms with Gasteiger partial charge in [0.1, 0.15) is 6.04 Å². The molecule has 5 nitrogen and oxygen atoms in total. The van der Waals surface area contributed by atoms with Crippen molar-refractivity contribution in [2.45, 2.75) is 32.7 Å². The number of carboxylic acids is 1. The van der Waals surface area contributed by atoms with Crippen LogP contribution in [0.4, 0.5) is 4.79 Å². The molecule has 0 radical (unpaired) electrons. The number of urea groups is 1. The second kappa shape index (κ2) is 7.53. The smallest absolute Gasteiger partial charge is 0.326 e. The number of benzene rings is 1. The summed E-state index contributed by atoms with van der Waals surface area (Å²) >= 11 is 0.